The van der Waals surface area contributed by atoms with Gasteiger partial charge in [0.05, 0.1) is 6.54 Å². The summed E-state index contributed by atoms with van der Waals surface area (Å²) in [5.41, 5.74) is 2.46. The molecule has 30 heavy (non-hydrogen) atoms. The van der Waals surface area contributed by atoms with E-state index in [0.29, 0.717) is 18.2 Å². The lowest BCUT2D eigenvalue weighted by Gasteiger charge is -2.22. The van der Waals surface area contributed by atoms with Crippen molar-refractivity contribution in [1.29, 1.82) is 0 Å². The third kappa shape index (κ3) is 5.66. The van der Waals surface area contributed by atoms with Gasteiger partial charge < -0.3 is 19.4 Å². The van der Waals surface area contributed by atoms with Gasteiger partial charge >= 0.3 is 0 Å². The standard InChI is InChI=1S/C22H24N4O4/c1-3-12-26(13-20(27)24-19-7-5-4-6-16(19)2)21(28)14-29-18-10-8-17(9-11-18)22-25-23-15-30-22/h4-11,15H,3,12-14H2,1-2H3,(H,24,27). The Morgan fingerprint density at radius 2 is 1.90 bits per heavy atom. The minimum absolute atomic E-state index is 0.0273. The number of hydrogen-bond donors (Lipinski definition) is 1. The summed E-state index contributed by atoms with van der Waals surface area (Å²) in [5.74, 6) is 0.451. The van der Waals surface area contributed by atoms with Crippen molar-refractivity contribution < 1.29 is 18.7 Å². The number of carbonyl (C=O) groups is 2. The van der Waals surface area contributed by atoms with E-state index < -0.39 is 0 Å². The van der Waals surface area contributed by atoms with Crippen LogP contribution in [-0.4, -0.2) is 46.6 Å². The van der Waals surface area contributed by atoms with Crippen LogP contribution in [0.2, 0.25) is 0 Å². The van der Waals surface area contributed by atoms with Gasteiger partial charge in [0, 0.05) is 17.8 Å². The van der Waals surface area contributed by atoms with Crippen molar-refractivity contribution in [2.24, 2.45) is 0 Å². The lowest BCUT2D eigenvalue weighted by Crippen LogP contribution is -2.41. The Balaban J connectivity index is 1.54. The molecule has 8 nitrogen and oxygen atoms in total. The van der Waals surface area contributed by atoms with Crippen molar-refractivity contribution in [2.45, 2.75) is 20.3 Å². The van der Waals surface area contributed by atoms with Gasteiger partial charge in [-0.2, -0.15) is 0 Å². The lowest BCUT2D eigenvalue weighted by atomic mass is 10.2. The molecular weight excluding hydrogens is 384 g/mol. The molecule has 0 bridgehead atoms. The van der Waals surface area contributed by atoms with Gasteiger partial charge in [-0.15, -0.1) is 10.2 Å². The molecule has 1 N–H and O–H groups in total. The molecule has 2 amide bonds. The van der Waals surface area contributed by atoms with Gasteiger partial charge in [0.2, 0.25) is 18.2 Å². The van der Waals surface area contributed by atoms with Gasteiger partial charge in [-0.3, -0.25) is 9.59 Å². The number of hydrogen-bond acceptors (Lipinski definition) is 6. The van der Waals surface area contributed by atoms with E-state index in [-0.39, 0.29) is 25.0 Å². The Morgan fingerprint density at radius 1 is 1.13 bits per heavy atom. The molecule has 0 aliphatic heterocycles. The van der Waals surface area contributed by atoms with E-state index in [1.807, 2.05) is 38.1 Å². The first kappa shape index (κ1) is 21.0. The van der Waals surface area contributed by atoms with E-state index in [1.54, 1.807) is 24.3 Å². The maximum absolute atomic E-state index is 12.6. The van der Waals surface area contributed by atoms with Crippen LogP contribution in [-0.2, 0) is 9.59 Å². The third-order valence-electron chi connectivity index (χ3n) is 4.42. The van der Waals surface area contributed by atoms with E-state index in [0.717, 1.165) is 23.2 Å². The minimum atomic E-state index is -0.252. The first-order chi connectivity index (χ1) is 14.6. The predicted molar refractivity (Wildman–Crippen MR) is 112 cm³/mol. The zero-order chi connectivity index (χ0) is 21.3. The summed E-state index contributed by atoms with van der Waals surface area (Å²) in [6, 6.07) is 14.5. The predicted octanol–water partition coefficient (Wildman–Crippen LogP) is 3.30. The molecule has 0 spiro atoms. The van der Waals surface area contributed by atoms with E-state index in [2.05, 4.69) is 15.5 Å². The summed E-state index contributed by atoms with van der Waals surface area (Å²) in [6.45, 7) is 4.16. The average molecular weight is 408 g/mol. The van der Waals surface area contributed by atoms with Crippen LogP contribution in [0.3, 0.4) is 0 Å². The number of aromatic nitrogens is 2. The van der Waals surface area contributed by atoms with Crippen LogP contribution < -0.4 is 10.1 Å². The SMILES string of the molecule is CCCN(CC(=O)Nc1ccccc1C)C(=O)COc1ccc(-c2nnco2)cc1. The van der Waals surface area contributed by atoms with Crippen molar-refractivity contribution >= 4 is 17.5 Å². The molecule has 0 unspecified atom stereocenters. The van der Waals surface area contributed by atoms with Gasteiger partial charge in [0.25, 0.3) is 5.91 Å². The normalized spacial score (nSPS) is 10.5. The van der Waals surface area contributed by atoms with E-state index >= 15 is 0 Å². The molecule has 2 aromatic carbocycles. The number of para-hydroxylation sites is 1. The van der Waals surface area contributed by atoms with Crippen LogP contribution in [0, 0.1) is 6.92 Å². The number of anilines is 1. The van der Waals surface area contributed by atoms with Crippen molar-refractivity contribution in [3.05, 3.63) is 60.5 Å². The molecule has 3 aromatic rings. The lowest BCUT2D eigenvalue weighted by molar-refractivity contribution is -0.136. The average Bonchev–Trinajstić information content (AvgIpc) is 3.29. The van der Waals surface area contributed by atoms with Crippen LogP contribution in [0.25, 0.3) is 11.5 Å². The molecule has 0 aliphatic rings. The van der Waals surface area contributed by atoms with Gasteiger partial charge in [-0.25, -0.2) is 0 Å². The zero-order valence-electron chi connectivity index (χ0n) is 17.0. The molecule has 0 fully saturated rings. The first-order valence-electron chi connectivity index (χ1n) is 9.69. The summed E-state index contributed by atoms with van der Waals surface area (Å²) < 4.78 is 10.7. The number of amides is 2. The van der Waals surface area contributed by atoms with Gasteiger partial charge in [0.1, 0.15) is 5.75 Å². The highest BCUT2D eigenvalue weighted by molar-refractivity contribution is 5.95. The monoisotopic (exact) mass is 408 g/mol. The molecule has 1 heterocycles. The smallest absolute Gasteiger partial charge is 0.260 e. The number of rotatable bonds is 9. The van der Waals surface area contributed by atoms with Crippen LogP contribution in [0.1, 0.15) is 18.9 Å². The maximum atomic E-state index is 12.6. The number of carbonyl (C=O) groups excluding carboxylic acids is 2. The molecule has 3 rings (SSSR count). The molecule has 0 radical (unpaired) electrons. The summed E-state index contributed by atoms with van der Waals surface area (Å²) in [5, 5.41) is 10.3. The van der Waals surface area contributed by atoms with Crippen molar-refractivity contribution in [3.63, 3.8) is 0 Å². The summed E-state index contributed by atoms with van der Waals surface area (Å²) in [6.07, 6.45) is 2.00. The molecule has 156 valence electrons. The number of nitrogens with one attached hydrogen (secondary N) is 1. The fraction of sp³-hybridized carbons (Fsp3) is 0.273. The molecule has 8 heteroatoms. The summed E-state index contributed by atoms with van der Waals surface area (Å²) >= 11 is 0. The first-order valence-corrected chi connectivity index (χ1v) is 9.69. The van der Waals surface area contributed by atoms with E-state index in [9.17, 15) is 9.59 Å². The van der Waals surface area contributed by atoms with Gasteiger partial charge in [-0.05, 0) is 49.2 Å². The molecule has 0 saturated carbocycles. The van der Waals surface area contributed by atoms with Crippen molar-refractivity contribution in [3.8, 4) is 17.2 Å². The summed E-state index contributed by atoms with van der Waals surface area (Å²) in [7, 11) is 0. The topological polar surface area (TPSA) is 97.6 Å². The van der Waals surface area contributed by atoms with Crippen LogP contribution in [0.4, 0.5) is 5.69 Å². The Hall–Kier alpha value is -3.68. The number of ether oxygens (including phenoxy) is 1. The summed E-state index contributed by atoms with van der Waals surface area (Å²) in [4.78, 5) is 26.5. The fourth-order valence-electron chi connectivity index (χ4n) is 2.87. The second-order valence-corrected chi connectivity index (χ2v) is 6.74. The molecule has 0 saturated heterocycles. The Labute approximate surface area is 174 Å². The number of nitrogens with zero attached hydrogens (tertiary/aromatic N) is 3. The van der Waals surface area contributed by atoms with Crippen molar-refractivity contribution in [2.75, 3.05) is 25.0 Å². The second-order valence-electron chi connectivity index (χ2n) is 6.74. The van der Waals surface area contributed by atoms with Crippen molar-refractivity contribution in [1.82, 2.24) is 15.1 Å². The Morgan fingerprint density at radius 3 is 2.57 bits per heavy atom. The van der Waals surface area contributed by atoms with Crippen LogP contribution >= 0.6 is 0 Å². The largest absolute Gasteiger partial charge is 0.484 e. The highest BCUT2D eigenvalue weighted by atomic mass is 16.5. The molecular formula is C22H24N4O4. The van der Waals surface area contributed by atoms with E-state index in [1.165, 1.54) is 11.3 Å². The minimum Gasteiger partial charge on any atom is -0.484 e. The second kappa shape index (κ2) is 10.2. The Kier molecular flexibility index (Phi) is 7.15. The quantitative estimate of drug-likeness (QED) is 0.583. The Bertz CT molecular complexity index is 971. The highest BCUT2D eigenvalue weighted by Crippen LogP contribution is 2.20. The van der Waals surface area contributed by atoms with Crippen LogP contribution in [0.15, 0.2) is 59.3 Å². The molecule has 0 atom stereocenters. The maximum Gasteiger partial charge on any atom is 0.260 e. The number of benzene rings is 2. The zero-order valence-corrected chi connectivity index (χ0v) is 17.0. The fourth-order valence-corrected chi connectivity index (χ4v) is 2.87. The highest BCUT2D eigenvalue weighted by Gasteiger charge is 2.17. The number of aryl methyl sites for hydroxylation is 1. The van der Waals surface area contributed by atoms with Crippen LogP contribution in [0.5, 0.6) is 5.75 Å². The van der Waals surface area contributed by atoms with Gasteiger partial charge in [0.15, 0.2) is 6.61 Å². The third-order valence-corrected chi connectivity index (χ3v) is 4.42. The van der Waals surface area contributed by atoms with E-state index in [4.69, 9.17) is 9.15 Å². The van der Waals surface area contributed by atoms with Gasteiger partial charge in [-0.1, -0.05) is 25.1 Å². The molecule has 1 aromatic heterocycles. The molecule has 0 aliphatic carbocycles.